The van der Waals surface area contributed by atoms with Crippen molar-refractivity contribution in [2.45, 2.75) is 40.0 Å². The van der Waals surface area contributed by atoms with Gasteiger partial charge in [-0.15, -0.1) is 0 Å². The van der Waals surface area contributed by atoms with Crippen LogP contribution in [0.1, 0.15) is 48.2 Å². The van der Waals surface area contributed by atoms with Crippen LogP contribution in [0, 0.1) is 6.92 Å². The predicted octanol–water partition coefficient (Wildman–Crippen LogP) is 3.11. The van der Waals surface area contributed by atoms with Crippen molar-refractivity contribution >= 4 is 11.6 Å². The van der Waals surface area contributed by atoms with E-state index in [1.807, 2.05) is 25.1 Å². The summed E-state index contributed by atoms with van der Waals surface area (Å²) in [6, 6.07) is 5.89. The predicted molar refractivity (Wildman–Crippen MR) is 64.8 cm³/mol. The topological polar surface area (TPSA) is 34.1 Å². The summed E-state index contributed by atoms with van der Waals surface area (Å²) < 4.78 is 0. The van der Waals surface area contributed by atoms with Crippen LogP contribution in [0.4, 0.5) is 0 Å². The minimum atomic E-state index is 0.0651. The van der Waals surface area contributed by atoms with E-state index >= 15 is 0 Å². The molecule has 0 heterocycles. The van der Waals surface area contributed by atoms with E-state index in [2.05, 4.69) is 6.92 Å². The molecule has 2 heteroatoms. The van der Waals surface area contributed by atoms with E-state index in [-0.39, 0.29) is 11.6 Å². The van der Waals surface area contributed by atoms with Crippen molar-refractivity contribution in [2.24, 2.45) is 0 Å². The minimum Gasteiger partial charge on any atom is -0.300 e. The molecule has 0 fully saturated rings. The highest BCUT2D eigenvalue weighted by Crippen LogP contribution is 2.14. The third-order valence-corrected chi connectivity index (χ3v) is 2.70. The molecule has 0 amide bonds. The van der Waals surface area contributed by atoms with Crippen molar-refractivity contribution < 1.29 is 9.59 Å². The molecular weight excluding hydrogens is 200 g/mol. The van der Waals surface area contributed by atoms with Crippen molar-refractivity contribution in [3.8, 4) is 0 Å². The molecule has 0 spiro atoms. The maximum Gasteiger partial charge on any atom is 0.163 e. The quantitative estimate of drug-likeness (QED) is 0.712. The number of aryl methyl sites for hydroxylation is 2. The molecule has 0 saturated heterocycles. The van der Waals surface area contributed by atoms with Crippen LogP contribution in [-0.2, 0) is 11.2 Å². The average Bonchev–Trinajstić information content (AvgIpc) is 2.25. The number of Topliss-reactive ketones (excluding diaryl/α,β-unsaturated/α-hetero) is 2. The Morgan fingerprint density at radius 2 is 1.88 bits per heavy atom. The molecule has 0 aromatic heterocycles. The number of ketones is 2. The zero-order valence-electron chi connectivity index (χ0n) is 10.2. The lowest BCUT2D eigenvalue weighted by molar-refractivity contribution is -0.116. The molecule has 1 aromatic rings. The van der Waals surface area contributed by atoms with Gasteiger partial charge in [-0.1, -0.05) is 25.1 Å². The maximum atomic E-state index is 11.8. The summed E-state index contributed by atoms with van der Waals surface area (Å²) in [7, 11) is 0. The number of benzene rings is 1. The van der Waals surface area contributed by atoms with E-state index in [0.29, 0.717) is 12.8 Å². The van der Waals surface area contributed by atoms with Gasteiger partial charge in [-0.25, -0.2) is 0 Å². The second kappa shape index (κ2) is 5.59. The molecule has 0 saturated carbocycles. The second-order valence-electron chi connectivity index (χ2n) is 4.13. The SMILES string of the molecule is CCc1ccc(C(=O)CCC(C)=O)c(C)c1. The maximum absolute atomic E-state index is 11.8. The number of carbonyl (C=O) groups excluding carboxylic acids is 2. The van der Waals surface area contributed by atoms with Crippen LogP contribution in [0.5, 0.6) is 0 Å². The molecule has 1 rings (SSSR count). The Morgan fingerprint density at radius 1 is 1.19 bits per heavy atom. The van der Waals surface area contributed by atoms with Gasteiger partial charge in [0, 0.05) is 18.4 Å². The average molecular weight is 218 g/mol. The Labute approximate surface area is 96.7 Å². The van der Waals surface area contributed by atoms with Crippen LogP contribution < -0.4 is 0 Å². The standard InChI is InChI=1S/C14H18O2/c1-4-12-6-7-13(10(2)9-12)14(16)8-5-11(3)15/h6-7,9H,4-5,8H2,1-3H3. The largest absolute Gasteiger partial charge is 0.300 e. The molecule has 0 aliphatic heterocycles. The minimum absolute atomic E-state index is 0.0651. The first kappa shape index (κ1) is 12.6. The Morgan fingerprint density at radius 3 is 2.38 bits per heavy atom. The third kappa shape index (κ3) is 3.30. The molecule has 0 atom stereocenters. The lowest BCUT2D eigenvalue weighted by Gasteiger charge is -2.06. The zero-order valence-corrected chi connectivity index (χ0v) is 10.2. The molecule has 0 aliphatic rings. The third-order valence-electron chi connectivity index (χ3n) is 2.70. The Hall–Kier alpha value is -1.44. The highest BCUT2D eigenvalue weighted by Gasteiger charge is 2.09. The summed E-state index contributed by atoms with van der Waals surface area (Å²) in [6.07, 6.45) is 1.64. The summed E-state index contributed by atoms with van der Waals surface area (Å²) in [5.41, 5.74) is 2.99. The summed E-state index contributed by atoms with van der Waals surface area (Å²) in [6.45, 7) is 5.55. The van der Waals surface area contributed by atoms with Crippen LogP contribution >= 0.6 is 0 Å². The van der Waals surface area contributed by atoms with Crippen molar-refractivity contribution in [1.82, 2.24) is 0 Å². The van der Waals surface area contributed by atoms with Gasteiger partial charge in [0.15, 0.2) is 5.78 Å². The first-order chi connectivity index (χ1) is 7.54. The van der Waals surface area contributed by atoms with Crippen molar-refractivity contribution in [3.05, 3.63) is 34.9 Å². The molecule has 1 aromatic carbocycles. The highest BCUT2D eigenvalue weighted by atomic mass is 16.1. The fourth-order valence-corrected chi connectivity index (χ4v) is 1.68. The zero-order chi connectivity index (χ0) is 12.1. The van der Waals surface area contributed by atoms with Gasteiger partial charge < -0.3 is 4.79 Å². The molecule has 2 nitrogen and oxygen atoms in total. The summed E-state index contributed by atoms with van der Waals surface area (Å²) >= 11 is 0. The van der Waals surface area contributed by atoms with E-state index in [9.17, 15) is 9.59 Å². The van der Waals surface area contributed by atoms with E-state index in [0.717, 1.165) is 17.5 Å². The second-order valence-corrected chi connectivity index (χ2v) is 4.13. The lowest BCUT2D eigenvalue weighted by atomic mass is 9.98. The van der Waals surface area contributed by atoms with Crippen LogP contribution in [0.15, 0.2) is 18.2 Å². The van der Waals surface area contributed by atoms with Gasteiger partial charge in [-0.3, -0.25) is 4.79 Å². The molecule has 0 bridgehead atoms. The first-order valence-corrected chi connectivity index (χ1v) is 5.66. The molecule has 86 valence electrons. The Kier molecular flexibility index (Phi) is 4.41. The summed E-state index contributed by atoms with van der Waals surface area (Å²) in [5, 5.41) is 0. The van der Waals surface area contributed by atoms with Crippen molar-refractivity contribution in [1.29, 1.82) is 0 Å². The summed E-state index contributed by atoms with van der Waals surface area (Å²) in [4.78, 5) is 22.6. The fraction of sp³-hybridized carbons (Fsp3) is 0.429. The molecule has 0 unspecified atom stereocenters. The van der Waals surface area contributed by atoms with Crippen LogP contribution in [0.3, 0.4) is 0 Å². The van der Waals surface area contributed by atoms with Gasteiger partial charge in [0.1, 0.15) is 5.78 Å². The van der Waals surface area contributed by atoms with Crippen LogP contribution in [0.2, 0.25) is 0 Å². The lowest BCUT2D eigenvalue weighted by Crippen LogP contribution is -2.04. The molecule has 16 heavy (non-hydrogen) atoms. The van der Waals surface area contributed by atoms with Crippen LogP contribution in [-0.4, -0.2) is 11.6 Å². The van der Waals surface area contributed by atoms with E-state index in [1.165, 1.54) is 12.5 Å². The van der Waals surface area contributed by atoms with E-state index in [1.54, 1.807) is 0 Å². The molecular formula is C14H18O2. The summed E-state index contributed by atoms with van der Waals surface area (Å²) in [5.74, 6) is 0.131. The van der Waals surface area contributed by atoms with Crippen LogP contribution in [0.25, 0.3) is 0 Å². The highest BCUT2D eigenvalue weighted by molar-refractivity contribution is 5.99. The monoisotopic (exact) mass is 218 g/mol. The normalized spacial score (nSPS) is 10.2. The van der Waals surface area contributed by atoms with Gasteiger partial charge in [-0.2, -0.15) is 0 Å². The number of carbonyl (C=O) groups is 2. The van der Waals surface area contributed by atoms with Gasteiger partial charge in [0.05, 0.1) is 0 Å². The van der Waals surface area contributed by atoms with Gasteiger partial charge in [-0.05, 0) is 31.4 Å². The van der Waals surface area contributed by atoms with Gasteiger partial charge in [0.2, 0.25) is 0 Å². The molecule has 0 aliphatic carbocycles. The smallest absolute Gasteiger partial charge is 0.163 e. The van der Waals surface area contributed by atoms with Gasteiger partial charge >= 0.3 is 0 Å². The fourth-order valence-electron chi connectivity index (χ4n) is 1.68. The Bertz CT molecular complexity index is 405. The molecule has 0 N–H and O–H groups in total. The van der Waals surface area contributed by atoms with Crippen molar-refractivity contribution in [3.63, 3.8) is 0 Å². The van der Waals surface area contributed by atoms with Crippen molar-refractivity contribution in [2.75, 3.05) is 0 Å². The first-order valence-electron chi connectivity index (χ1n) is 5.66. The Balaban J connectivity index is 2.79. The number of hydrogen-bond donors (Lipinski definition) is 0. The van der Waals surface area contributed by atoms with E-state index < -0.39 is 0 Å². The molecule has 0 radical (unpaired) electrons. The number of hydrogen-bond acceptors (Lipinski definition) is 2. The van der Waals surface area contributed by atoms with Gasteiger partial charge in [0.25, 0.3) is 0 Å². The van der Waals surface area contributed by atoms with E-state index in [4.69, 9.17) is 0 Å². The number of rotatable bonds is 5.